The lowest BCUT2D eigenvalue weighted by Gasteiger charge is -2.09. The Morgan fingerprint density at radius 3 is 2.67 bits per heavy atom. The first-order valence-corrected chi connectivity index (χ1v) is 8.17. The molecule has 3 aromatic rings. The van der Waals surface area contributed by atoms with E-state index in [1.54, 1.807) is 0 Å². The van der Waals surface area contributed by atoms with Crippen LogP contribution in [0.1, 0.15) is 28.7 Å². The molecule has 3 nitrogen and oxygen atoms in total. The number of aryl methyl sites for hydroxylation is 1. The molecule has 0 spiro atoms. The third-order valence-electron chi connectivity index (χ3n) is 4.57. The second-order valence-corrected chi connectivity index (χ2v) is 6.09. The minimum atomic E-state index is -0.202. The first kappa shape index (κ1) is 14.8. The summed E-state index contributed by atoms with van der Waals surface area (Å²) in [7, 11) is 0. The minimum Gasteiger partial charge on any atom is -0.489 e. The van der Waals surface area contributed by atoms with Gasteiger partial charge in [0.05, 0.1) is 0 Å². The van der Waals surface area contributed by atoms with Crippen molar-refractivity contribution in [2.75, 3.05) is 0 Å². The Bertz CT molecular complexity index is 965. The SMILES string of the molecule is C=Cc1ccc(COc2ccc3c4c(c(=O)oc3c2)CCC4)cc1. The summed E-state index contributed by atoms with van der Waals surface area (Å²) in [4.78, 5) is 12.1. The Morgan fingerprint density at radius 1 is 1.08 bits per heavy atom. The highest BCUT2D eigenvalue weighted by molar-refractivity contribution is 5.83. The molecule has 4 rings (SSSR count). The van der Waals surface area contributed by atoms with E-state index in [4.69, 9.17) is 9.15 Å². The van der Waals surface area contributed by atoms with Crippen LogP contribution >= 0.6 is 0 Å². The fraction of sp³-hybridized carbons (Fsp3) is 0.190. The van der Waals surface area contributed by atoms with Crippen LogP contribution in [0.15, 0.2) is 58.3 Å². The van der Waals surface area contributed by atoms with Crippen LogP contribution in [0.4, 0.5) is 0 Å². The summed E-state index contributed by atoms with van der Waals surface area (Å²) < 4.78 is 11.3. The van der Waals surface area contributed by atoms with Gasteiger partial charge >= 0.3 is 5.63 Å². The third-order valence-corrected chi connectivity index (χ3v) is 4.57. The summed E-state index contributed by atoms with van der Waals surface area (Å²) in [5.74, 6) is 0.705. The number of ether oxygens (including phenoxy) is 1. The molecule has 1 aliphatic rings. The second kappa shape index (κ2) is 6.00. The Labute approximate surface area is 140 Å². The third kappa shape index (κ3) is 2.62. The molecule has 0 bridgehead atoms. The van der Waals surface area contributed by atoms with Crippen LogP contribution in [0.5, 0.6) is 5.75 Å². The van der Waals surface area contributed by atoms with Gasteiger partial charge in [0.2, 0.25) is 0 Å². The molecule has 120 valence electrons. The maximum Gasteiger partial charge on any atom is 0.339 e. The smallest absolute Gasteiger partial charge is 0.339 e. The van der Waals surface area contributed by atoms with Crippen molar-refractivity contribution in [1.29, 1.82) is 0 Å². The molecule has 1 aliphatic carbocycles. The molecule has 3 heteroatoms. The Hall–Kier alpha value is -2.81. The van der Waals surface area contributed by atoms with Gasteiger partial charge in [-0.3, -0.25) is 0 Å². The topological polar surface area (TPSA) is 39.4 Å². The van der Waals surface area contributed by atoms with Gasteiger partial charge in [-0.15, -0.1) is 0 Å². The van der Waals surface area contributed by atoms with Crippen molar-refractivity contribution in [2.45, 2.75) is 25.9 Å². The van der Waals surface area contributed by atoms with Crippen LogP contribution in [0.3, 0.4) is 0 Å². The van der Waals surface area contributed by atoms with Crippen molar-refractivity contribution in [2.24, 2.45) is 0 Å². The van der Waals surface area contributed by atoms with Gasteiger partial charge in [-0.2, -0.15) is 0 Å². The molecule has 0 saturated carbocycles. The Balaban J connectivity index is 1.60. The van der Waals surface area contributed by atoms with Crippen molar-refractivity contribution < 1.29 is 9.15 Å². The molecule has 24 heavy (non-hydrogen) atoms. The van der Waals surface area contributed by atoms with Gasteiger partial charge in [0.25, 0.3) is 0 Å². The average Bonchev–Trinajstić information content (AvgIpc) is 3.11. The summed E-state index contributed by atoms with van der Waals surface area (Å²) in [6, 6.07) is 13.8. The second-order valence-electron chi connectivity index (χ2n) is 6.09. The van der Waals surface area contributed by atoms with E-state index in [2.05, 4.69) is 6.58 Å². The van der Waals surface area contributed by atoms with Gasteiger partial charge in [-0.05, 0) is 48.1 Å². The highest BCUT2D eigenvalue weighted by atomic mass is 16.5. The predicted octanol–water partition coefficient (Wildman–Crippen LogP) is 4.50. The summed E-state index contributed by atoms with van der Waals surface area (Å²) in [5, 5.41) is 1.03. The first-order valence-electron chi connectivity index (χ1n) is 8.17. The van der Waals surface area contributed by atoms with Gasteiger partial charge in [-0.1, -0.05) is 36.9 Å². The molecule has 0 N–H and O–H groups in total. The van der Waals surface area contributed by atoms with Crippen molar-refractivity contribution in [3.63, 3.8) is 0 Å². The zero-order chi connectivity index (χ0) is 16.5. The fourth-order valence-corrected chi connectivity index (χ4v) is 3.27. The van der Waals surface area contributed by atoms with Crippen molar-refractivity contribution in [3.05, 3.63) is 81.7 Å². The summed E-state index contributed by atoms with van der Waals surface area (Å²) in [5.41, 5.74) is 4.56. The molecular formula is C21H18O3. The largest absolute Gasteiger partial charge is 0.489 e. The van der Waals surface area contributed by atoms with Crippen LogP contribution in [-0.2, 0) is 19.4 Å². The molecule has 0 radical (unpaired) electrons. The van der Waals surface area contributed by atoms with Crippen LogP contribution in [-0.4, -0.2) is 0 Å². The lowest BCUT2D eigenvalue weighted by atomic mass is 10.1. The van der Waals surface area contributed by atoms with Gasteiger partial charge in [0.1, 0.15) is 17.9 Å². The van der Waals surface area contributed by atoms with E-state index in [1.807, 2.05) is 48.5 Å². The van der Waals surface area contributed by atoms with E-state index < -0.39 is 0 Å². The Kier molecular flexibility index (Phi) is 3.69. The highest BCUT2D eigenvalue weighted by Crippen LogP contribution is 2.29. The monoisotopic (exact) mass is 318 g/mol. The number of fused-ring (bicyclic) bond motifs is 3. The van der Waals surface area contributed by atoms with Crippen molar-refractivity contribution >= 4 is 17.0 Å². The minimum absolute atomic E-state index is 0.202. The summed E-state index contributed by atoms with van der Waals surface area (Å²) >= 11 is 0. The van der Waals surface area contributed by atoms with E-state index in [0.717, 1.165) is 46.9 Å². The predicted molar refractivity (Wildman–Crippen MR) is 95.4 cm³/mol. The highest BCUT2D eigenvalue weighted by Gasteiger charge is 2.19. The van der Waals surface area contributed by atoms with E-state index in [1.165, 1.54) is 0 Å². The fourth-order valence-electron chi connectivity index (χ4n) is 3.27. The molecule has 1 aromatic heterocycles. The molecule has 0 atom stereocenters. The molecule has 0 aliphatic heterocycles. The zero-order valence-electron chi connectivity index (χ0n) is 13.4. The van der Waals surface area contributed by atoms with E-state index in [-0.39, 0.29) is 5.63 Å². The Morgan fingerprint density at radius 2 is 1.88 bits per heavy atom. The summed E-state index contributed by atoms with van der Waals surface area (Å²) in [6.45, 7) is 4.22. The summed E-state index contributed by atoms with van der Waals surface area (Å²) in [6.07, 6.45) is 4.62. The quantitative estimate of drug-likeness (QED) is 0.665. The first-order chi connectivity index (χ1) is 11.7. The molecule has 2 aromatic carbocycles. The van der Waals surface area contributed by atoms with Gasteiger partial charge in [0, 0.05) is 17.0 Å². The average molecular weight is 318 g/mol. The normalized spacial score (nSPS) is 13.0. The van der Waals surface area contributed by atoms with Gasteiger partial charge < -0.3 is 9.15 Å². The molecule has 0 amide bonds. The van der Waals surface area contributed by atoms with Crippen molar-refractivity contribution in [3.8, 4) is 5.75 Å². The van der Waals surface area contributed by atoms with Crippen LogP contribution in [0.2, 0.25) is 0 Å². The lowest BCUT2D eigenvalue weighted by molar-refractivity contribution is 0.306. The van der Waals surface area contributed by atoms with Crippen LogP contribution < -0.4 is 10.4 Å². The van der Waals surface area contributed by atoms with Gasteiger partial charge in [-0.25, -0.2) is 4.79 Å². The zero-order valence-corrected chi connectivity index (χ0v) is 13.4. The molecule has 0 fully saturated rings. The van der Waals surface area contributed by atoms with E-state index in [0.29, 0.717) is 17.9 Å². The standard InChI is InChI=1S/C21H18O3/c1-2-14-6-8-15(9-7-14)13-23-16-10-11-18-17-4-3-5-19(17)21(22)24-20(18)12-16/h2,6-12H,1,3-5,13H2. The molecule has 0 unspecified atom stereocenters. The van der Waals surface area contributed by atoms with E-state index >= 15 is 0 Å². The van der Waals surface area contributed by atoms with E-state index in [9.17, 15) is 4.79 Å². The number of hydrogen-bond donors (Lipinski definition) is 0. The number of rotatable bonds is 4. The van der Waals surface area contributed by atoms with Crippen LogP contribution in [0.25, 0.3) is 17.0 Å². The molecule has 1 heterocycles. The van der Waals surface area contributed by atoms with Crippen LogP contribution in [0, 0.1) is 0 Å². The number of hydrogen-bond acceptors (Lipinski definition) is 3. The lowest BCUT2D eigenvalue weighted by Crippen LogP contribution is -2.06. The maximum absolute atomic E-state index is 12.1. The molecular weight excluding hydrogens is 300 g/mol. The van der Waals surface area contributed by atoms with Gasteiger partial charge in [0.15, 0.2) is 0 Å². The van der Waals surface area contributed by atoms with Crippen molar-refractivity contribution in [1.82, 2.24) is 0 Å². The number of benzene rings is 2. The molecule has 0 saturated heterocycles. The maximum atomic E-state index is 12.1.